The van der Waals surface area contributed by atoms with Crippen LogP contribution in [0.15, 0.2) is 73.2 Å². The molecule has 0 fully saturated rings. The van der Waals surface area contributed by atoms with Crippen molar-refractivity contribution in [3.63, 3.8) is 0 Å². The SMILES string of the molecule is C[C@H](c1ccc(F)cc1)n1cc(-c2cc(F)cc(-c3ccn4nc(N)nc4c3)c2)cn1. The van der Waals surface area contributed by atoms with Crippen LogP contribution in [-0.4, -0.2) is 24.4 Å². The summed E-state index contributed by atoms with van der Waals surface area (Å²) in [7, 11) is 0. The van der Waals surface area contributed by atoms with Crippen molar-refractivity contribution in [3.8, 4) is 22.3 Å². The number of hydrogen-bond donors (Lipinski definition) is 1. The van der Waals surface area contributed by atoms with Crippen LogP contribution in [0.5, 0.6) is 0 Å². The first-order valence-electron chi connectivity index (χ1n) is 9.69. The molecule has 8 heteroatoms. The van der Waals surface area contributed by atoms with Gasteiger partial charge >= 0.3 is 0 Å². The molecular formula is C23H18F2N6. The minimum absolute atomic E-state index is 0.0943. The molecule has 2 N–H and O–H groups in total. The van der Waals surface area contributed by atoms with Crippen molar-refractivity contribution in [3.05, 3.63) is 90.4 Å². The highest BCUT2D eigenvalue weighted by Crippen LogP contribution is 2.29. The summed E-state index contributed by atoms with van der Waals surface area (Å²) in [5, 5.41) is 8.49. The van der Waals surface area contributed by atoms with Crippen LogP contribution in [0.25, 0.3) is 27.9 Å². The first kappa shape index (κ1) is 18.9. The summed E-state index contributed by atoms with van der Waals surface area (Å²) in [6, 6.07) is 14.7. The number of fused-ring (bicyclic) bond motifs is 1. The molecule has 0 bridgehead atoms. The molecule has 0 saturated heterocycles. The smallest absolute Gasteiger partial charge is 0.240 e. The minimum atomic E-state index is -0.354. The first-order valence-corrected chi connectivity index (χ1v) is 9.69. The maximum Gasteiger partial charge on any atom is 0.240 e. The summed E-state index contributed by atoms with van der Waals surface area (Å²) in [6.45, 7) is 1.97. The molecule has 0 aliphatic carbocycles. The van der Waals surface area contributed by atoms with Crippen LogP contribution >= 0.6 is 0 Å². The number of pyridine rings is 1. The molecule has 31 heavy (non-hydrogen) atoms. The average Bonchev–Trinajstić information content (AvgIpc) is 3.39. The molecule has 0 amide bonds. The normalized spacial score (nSPS) is 12.4. The summed E-state index contributed by atoms with van der Waals surface area (Å²) in [5.74, 6) is -0.455. The van der Waals surface area contributed by atoms with Gasteiger partial charge < -0.3 is 5.73 Å². The number of nitrogens with two attached hydrogens (primary N) is 1. The van der Waals surface area contributed by atoms with Gasteiger partial charge in [0.25, 0.3) is 0 Å². The lowest BCUT2D eigenvalue weighted by Gasteiger charge is -2.12. The monoisotopic (exact) mass is 416 g/mol. The standard InChI is InChI=1S/C23H18F2N6/c1-14(15-2-4-20(24)5-3-15)31-13-19(12-27-31)18-8-17(9-21(25)10-18)16-6-7-30-22(11-16)28-23(26)29-30/h2-14H,1H3,(H2,26,29)/t14-/m1/s1. The van der Waals surface area contributed by atoms with Gasteiger partial charge in [-0.25, -0.2) is 13.3 Å². The lowest BCUT2D eigenvalue weighted by atomic mass is 10.0. The van der Waals surface area contributed by atoms with Crippen LogP contribution in [0.2, 0.25) is 0 Å². The van der Waals surface area contributed by atoms with E-state index < -0.39 is 0 Å². The van der Waals surface area contributed by atoms with Gasteiger partial charge in [-0.15, -0.1) is 5.10 Å². The molecule has 0 aliphatic rings. The highest BCUT2D eigenvalue weighted by atomic mass is 19.1. The quantitative estimate of drug-likeness (QED) is 0.460. The predicted octanol–water partition coefficient (Wildman–Crippen LogP) is 4.73. The Morgan fingerprint density at radius 3 is 2.39 bits per heavy atom. The fourth-order valence-electron chi connectivity index (χ4n) is 3.59. The average molecular weight is 416 g/mol. The van der Waals surface area contributed by atoms with Gasteiger partial charge in [0, 0.05) is 18.0 Å². The van der Waals surface area contributed by atoms with Crippen molar-refractivity contribution >= 4 is 11.6 Å². The summed E-state index contributed by atoms with van der Waals surface area (Å²) in [4.78, 5) is 4.16. The third kappa shape index (κ3) is 3.63. The third-order valence-electron chi connectivity index (χ3n) is 5.27. The van der Waals surface area contributed by atoms with Crippen LogP contribution in [0, 0.1) is 11.6 Å². The van der Waals surface area contributed by atoms with Crippen LogP contribution in [0.3, 0.4) is 0 Å². The van der Waals surface area contributed by atoms with Crippen LogP contribution < -0.4 is 5.73 Å². The highest BCUT2D eigenvalue weighted by molar-refractivity contribution is 5.74. The minimum Gasteiger partial charge on any atom is -0.366 e. The van der Waals surface area contributed by atoms with E-state index in [1.807, 2.05) is 31.3 Å². The lowest BCUT2D eigenvalue weighted by Crippen LogP contribution is -2.06. The van der Waals surface area contributed by atoms with E-state index in [0.29, 0.717) is 16.8 Å². The molecule has 5 rings (SSSR count). The van der Waals surface area contributed by atoms with Gasteiger partial charge in [0.2, 0.25) is 5.95 Å². The van der Waals surface area contributed by atoms with Gasteiger partial charge in [0.05, 0.1) is 12.2 Å². The Bertz CT molecular complexity index is 1390. The van der Waals surface area contributed by atoms with Crippen molar-refractivity contribution in [1.82, 2.24) is 24.4 Å². The molecule has 6 nitrogen and oxygen atoms in total. The number of aromatic nitrogens is 5. The van der Waals surface area contributed by atoms with Crippen molar-refractivity contribution < 1.29 is 8.78 Å². The number of nitrogen functional groups attached to an aromatic ring is 1. The van der Waals surface area contributed by atoms with Crippen molar-refractivity contribution in [1.29, 1.82) is 0 Å². The maximum atomic E-state index is 14.5. The Morgan fingerprint density at radius 1 is 0.871 bits per heavy atom. The number of hydrogen-bond acceptors (Lipinski definition) is 4. The van der Waals surface area contributed by atoms with E-state index in [-0.39, 0.29) is 23.6 Å². The van der Waals surface area contributed by atoms with E-state index in [9.17, 15) is 8.78 Å². The Hall–Kier alpha value is -4.07. The van der Waals surface area contributed by atoms with Crippen molar-refractivity contribution in [2.45, 2.75) is 13.0 Å². The zero-order valence-electron chi connectivity index (χ0n) is 16.6. The first-order chi connectivity index (χ1) is 15.0. The number of rotatable bonds is 4. The Kier molecular flexibility index (Phi) is 4.47. The van der Waals surface area contributed by atoms with E-state index in [1.165, 1.54) is 24.3 Å². The van der Waals surface area contributed by atoms with Crippen molar-refractivity contribution in [2.24, 2.45) is 0 Å². The Balaban J connectivity index is 1.49. The number of halogens is 2. The second kappa shape index (κ2) is 7.32. The molecule has 0 aliphatic heterocycles. The van der Waals surface area contributed by atoms with E-state index >= 15 is 0 Å². The second-order valence-corrected chi connectivity index (χ2v) is 7.35. The van der Waals surface area contributed by atoms with Gasteiger partial charge in [0.15, 0.2) is 5.65 Å². The van der Waals surface area contributed by atoms with E-state index in [0.717, 1.165) is 16.7 Å². The van der Waals surface area contributed by atoms with Gasteiger partial charge in [-0.1, -0.05) is 12.1 Å². The van der Waals surface area contributed by atoms with Crippen LogP contribution in [-0.2, 0) is 0 Å². The Labute approximate surface area is 176 Å². The van der Waals surface area contributed by atoms with Gasteiger partial charge in [-0.3, -0.25) is 4.68 Å². The zero-order chi connectivity index (χ0) is 21.5. The summed E-state index contributed by atoms with van der Waals surface area (Å²) >= 11 is 0. The van der Waals surface area contributed by atoms with Crippen molar-refractivity contribution in [2.75, 3.05) is 5.73 Å². The van der Waals surface area contributed by atoms with E-state index in [2.05, 4.69) is 15.2 Å². The molecule has 3 aromatic heterocycles. The largest absolute Gasteiger partial charge is 0.366 e. The number of anilines is 1. The van der Waals surface area contributed by atoms with E-state index in [1.54, 1.807) is 33.7 Å². The molecular weight excluding hydrogens is 398 g/mol. The molecule has 0 saturated carbocycles. The van der Waals surface area contributed by atoms with E-state index in [4.69, 9.17) is 5.73 Å². The third-order valence-corrected chi connectivity index (χ3v) is 5.27. The molecule has 0 spiro atoms. The molecule has 0 radical (unpaired) electrons. The topological polar surface area (TPSA) is 74.0 Å². The Morgan fingerprint density at radius 2 is 1.61 bits per heavy atom. The maximum absolute atomic E-state index is 14.5. The summed E-state index contributed by atoms with van der Waals surface area (Å²) in [6.07, 6.45) is 5.29. The predicted molar refractivity (Wildman–Crippen MR) is 114 cm³/mol. The van der Waals surface area contributed by atoms with Gasteiger partial charge in [-0.2, -0.15) is 10.1 Å². The number of nitrogens with zero attached hydrogens (tertiary/aromatic N) is 5. The van der Waals surface area contributed by atoms with Gasteiger partial charge in [0.1, 0.15) is 11.6 Å². The van der Waals surface area contributed by atoms with Gasteiger partial charge in [-0.05, 0) is 71.6 Å². The fraction of sp³-hybridized carbons (Fsp3) is 0.0870. The highest BCUT2D eigenvalue weighted by Gasteiger charge is 2.13. The molecule has 2 aromatic carbocycles. The van der Waals surface area contributed by atoms with Crippen LogP contribution in [0.4, 0.5) is 14.7 Å². The second-order valence-electron chi connectivity index (χ2n) is 7.35. The molecule has 3 heterocycles. The molecule has 5 aromatic rings. The van der Waals surface area contributed by atoms with Crippen LogP contribution in [0.1, 0.15) is 18.5 Å². The summed E-state index contributed by atoms with van der Waals surface area (Å²) in [5.41, 5.74) is 10.1. The fourth-order valence-corrected chi connectivity index (χ4v) is 3.59. The summed E-state index contributed by atoms with van der Waals surface area (Å²) < 4.78 is 31.0. The molecule has 154 valence electrons. The molecule has 1 atom stereocenters. The lowest BCUT2D eigenvalue weighted by molar-refractivity contribution is 0.561. The number of benzene rings is 2. The zero-order valence-corrected chi connectivity index (χ0v) is 16.6. The molecule has 0 unspecified atom stereocenters.